The van der Waals surface area contributed by atoms with Gasteiger partial charge in [0, 0.05) is 11.6 Å². The number of aliphatic imine (C=N–C) groups is 1. The van der Waals surface area contributed by atoms with Gasteiger partial charge in [-0.1, -0.05) is 24.3 Å². The highest BCUT2D eigenvalue weighted by Gasteiger charge is 2.24. The second kappa shape index (κ2) is 8.04. The number of nitrogens with zero attached hydrogens (tertiary/aromatic N) is 1. The summed E-state index contributed by atoms with van der Waals surface area (Å²) in [6, 6.07) is 16.0. The molecule has 2 heterocycles. The van der Waals surface area contributed by atoms with E-state index in [-0.39, 0.29) is 11.5 Å². The molecular formula is C23H18N2O4S. The topological polar surface area (TPSA) is 91.9 Å². The minimum Gasteiger partial charge on any atom is -0.478 e. The van der Waals surface area contributed by atoms with Crippen molar-refractivity contribution in [1.29, 1.82) is 0 Å². The zero-order valence-corrected chi connectivity index (χ0v) is 17.1. The Morgan fingerprint density at radius 1 is 1.10 bits per heavy atom. The van der Waals surface area contributed by atoms with Crippen LogP contribution in [0.15, 0.2) is 68.9 Å². The SMILES string of the molecule is Cc1cc(C)cc(N=C2NC(=O)/C(=C/c3ccc(-c4ccccc4C(=O)O)o3)S2)c1. The summed E-state index contributed by atoms with van der Waals surface area (Å²) in [6.45, 7) is 4.00. The first-order valence-corrected chi connectivity index (χ1v) is 10.0. The van der Waals surface area contributed by atoms with E-state index in [1.54, 1.807) is 36.4 Å². The number of benzene rings is 2. The van der Waals surface area contributed by atoms with Crippen molar-refractivity contribution in [2.45, 2.75) is 13.8 Å². The second-order valence-electron chi connectivity index (χ2n) is 6.88. The predicted molar refractivity (Wildman–Crippen MR) is 118 cm³/mol. The van der Waals surface area contributed by atoms with Gasteiger partial charge in [-0.2, -0.15) is 0 Å². The lowest BCUT2D eigenvalue weighted by Crippen LogP contribution is -2.19. The molecule has 2 aromatic carbocycles. The van der Waals surface area contributed by atoms with Crippen LogP contribution < -0.4 is 5.32 Å². The van der Waals surface area contributed by atoms with E-state index in [4.69, 9.17) is 4.42 Å². The molecule has 4 rings (SSSR count). The van der Waals surface area contributed by atoms with Crippen molar-refractivity contribution in [2.75, 3.05) is 0 Å². The molecule has 150 valence electrons. The normalized spacial score (nSPS) is 16.3. The van der Waals surface area contributed by atoms with E-state index >= 15 is 0 Å². The average molecular weight is 418 g/mol. The Hall–Kier alpha value is -3.58. The standard InChI is InChI=1S/C23H18N2O4S/c1-13-9-14(2)11-15(10-13)24-23-25-21(26)20(30-23)12-16-7-8-19(29-16)17-5-3-4-6-18(17)22(27)28/h3-12H,1-2H3,(H,27,28)(H,24,25,26)/b20-12-. The maximum atomic E-state index is 12.3. The highest BCUT2D eigenvalue weighted by molar-refractivity contribution is 8.18. The van der Waals surface area contributed by atoms with Crippen LogP contribution in [0.3, 0.4) is 0 Å². The highest BCUT2D eigenvalue weighted by Crippen LogP contribution is 2.31. The lowest BCUT2D eigenvalue weighted by Gasteiger charge is -2.02. The van der Waals surface area contributed by atoms with Crippen LogP contribution in [0.4, 0.5) is 5.69 Å². The van der Waals surface area contributed by atoms with Gasteiger partial charge in [0.1, 0.15) is 11.5 Å². The Kier molecular flexibility index (Phi) is 5.29. The first-order chi connectivity index (χ1) is 14.4. The van der Waals surface area contributed by atoms with Gasteiger partial charge in [0.05, 0.1) is 16.2 Å². The second-order valence-corrected chi connectivity index (χ2v) is 7.91. The number of carbonyl (C=O) groups is 2. The number of rotatable bonds is 4. The van der Waals surface area contributed by atoms with Crippen molar-refractivity contribution in [3.63, 3.8) is 0 Å². The van der Waals surface area contributed by atoms with Crippen molar-refractivity contribution in [1.82, 2.24) is 5.32 Å². The summed E-state index contributed by atoms with van der Waals surface area (Å²) in [5.41, 5.74) is 3.62. The minimum absolute atomic E-state index is 0.155. The van der Waals surface area contributed by atoms with Crippen LogP contribution in [-0.4, -0.2) is 22.2 Å². The van der Waals surface area contributed by atoms with Crippen LogP contribution in [0.5, 0.6) is 0 Å². The third-order valence-electron chi connectivity index (χ3n) is 4.41. The number of carbonyl (C=O) groups excluding carboxylic acids is 1. The van der Waals surface area contributed by atoms with Gasteiger partial charge >= 0.3 is 5.97 Å². The van der Waals surface area contributed by atoms with E-state index in [0.717, 1.165) is 16.8 Å². The number of carboxylic acids is 1. The lowest BCUT2D eigenvalue weighted by atomic mass is 10.1. The van der Waals surface area contributed by atoms with Gasteiger partial charge in [-0.3, -0.25) is 4.79 Å². The Morgan fingerprint density at radius 2 is 1.83 bits per heavy atom. The molecule has 0 bridgehead atoms. The van der Waals surface area contributed by atoms with Crippen LogP contribution in [-0.2, 0) is 4.79 Å². The Bertz CT molecular complexity index is 1200. The maximum Gasteiger partial charge on any atom is 0.336 e. The first-order valence-electron chi connectivity index (χ1n) is 9.19. The largest absolute Gasteiger partial charge is 0.478 e. The van der Waals surface area contributed by atoms with Crippen LogP contribution in [0.1, 0.15) is 27.2 Å². The Morgan fingerprint density at radius 3 is 2.57 bits per heavy atom. The number of carboxylic acid groups (broad SMARTS) is 1. The summed E-state index contributed by atoms with van der Waals surface area (Å²) in [4.78, 5) is 28.7. The third-order valence-corrected chi connectivity index (χ3v) is 5.32. The molecule has 0 saturated carbocycles. The van der Waals surface area contributed by atoms with Crippen molar-refractivity contribution >= 4 is 40.6 Å². The predicted octanol–water partition coefficient (Wildman–Crippen LogP) is 5.15. The van der Waals surface area contributed by atoms with Crippen LogP contribution >= 0.6 is 11.8 Å². The fourth-order valence-corrected chi connectivity index (χ4v) is 4.02. The third kappa shape index (κ3) is 4.21. The fourth-order valence-electron chi connectivity index (χ4n) is 3.20. The molecule has 0 radical (unpaired) electrons. The molecule has 0 spiro atoms. The number of hydrogen-bond donors (Lipinski definition) is 2. The maximum absolute atomic E-state index is 12.3. The molecule has 1 fully saturated rings. The summed E-state index contributed by atoms with van der Waals surface area (Å²) in [6.07, 6.45) is 1.62. The molecule has 1 aromatic heterocycles. The van der Waals surface area contributed by atoms with E-state index in [1.165, 1.54) is 17.8 Å². The lowest BCUT2D eigenvalue weighted by molar-refractivity contribution is -0.115. The zero-order chi connectivity index (χ0) is 21.3. The molecule has 30 heavy (non-hydrogen) atoms. The van der Waals surface area contributed by atoms with E-state index in [0.29, 0.717) is 27.2 Å². The minimum atomic E-state index is -1.03. The molecule has 1 saturated heterocycles. The Balaban J connectivity index is 1.59. The molecule has 1 aliphatic heterocycles. The number of amides is 1. The van der Waals surface area contributed by atoms with Gasteiger partial charge in [-0.25, -0.2) is 9.79 Å². The van der Waals surface area contributed by atoms with Crippen molar-refractivity contribution < 1.29 is 19.1 Å². The summed E-state index contributed by atoms with van der Waals surface area (Å²) in [5.74, 6) is -0.408. The van der Waals surface area contributed by atoms with E-state index in [9.17, 15) is 14.7 Å². The molecule has 1 amide bonds. The molecule has 0 unspecified atom stereocenters. The molecule has 1 aliphatic rings. The van der Waals surface area contributed by atoms with Gasteiger partial charge in [0.25, 0.3) is 5.91 Å². The quantitative estimate of drug-likeness (QED) is 0.572. The van der Waals surface area contributed by atoms with Crippen LogP contribution in [0, 0.1) is 13.8 Å². The molecular weight excluding hydrogens is 400 g/mol. The van der Waals surface area contributed by atoms with Gasteiger partial charge < -0.3 is 14.8 Å². The summed E-state index contributed by atoms with van der Waals surface area (Å²) in [5, 5.41) is 12.6. The first kappa shape index (κ1) is 19.7. The molecule has 0 atom stereocenters. The zero-order valence-electron chi connectivity index (χ0n) is 16.3. The monoisotopic (exact) mass is 418 g/mol. The van der Waals surface area contributed by atoms with Crippen molar-refractivity contribution in [2.24, 2.45) is 4.99 Å². The van der Waals surface area contributed by atoms with Crippen LogP contribution in [0.25, 0.3) is 17.4 Å². The highest BCUT2D eigenvalue weighted by atomic mass is 32.2. The molecule has 2 N–H and O–H groups in total. The summed E-state index contributed by atoms with van der Waals surface area (Å²) in [7, 11) is 0. The molecule has 6 nitrogen and oxygen atoms in total. The fraction of sp³-hybridized carbons (Fsp3) is 0.0870. The molecule has 7 heteroatoms. The Labute approximate surface area is 177 Å². The van der Waals surface area contributed by atoms with Crippen LogP contribution in [0.2, 0.25) is 0 Å². The number of thioether (sulfide) groups is 1. The number of nitrogens with one attached hydrogen (secondary N) is 1. The average Bonchev–Trinajstić information content (AvgIpc) is 3.28. The van der Waals surface area contributed by atoms with Gasteiger partial charge in [0.15, 0.2) is 5.17 Å². The number of hydrogen-bond acceptors (Lipinski definition) is 5. The van der Waals surface area contributed by atoms with E-state index in [2.05, 4.69) is 16.4 Å². The summed E-state index contributed by atoms with van der Waals surface area (Å²) >= 11 is 1.23. The van der Waals surface area contributed by atoms with Gasteiger partial charge in [0.2, 0.25) is 0 Å². The smallest absolute Gasteiger partial charge is 0.336 e. The number of amidine groups is 1. The van der Waals surface area contributed by atoms with Crippen molar-refractivity contribution in [3.05, 3.63) is 82.0 Å². The van der Waals surface area contributed by atoms with Gasteiger partial charge in [-0.05, 0) is 67.1 Å². The van der Waals surface area contributed by atoms with E-state index < -0.39 is 5.97 Å². The number of aryl methyl sites for hydroxylation is 2. The summed E-state index contributed by atoms with van der Waals surface area (Å²) < 4.78 is 5.78. The number of furan rings is 1. The molecule has 0 aliphatic carbocycles. The van der Waals surface area contributed by atoms with Gasteiger partial charge in [-0.15, -0.1) is 0 Å². The molecule has 3 aromatic rings. The van der Waals surface area contributed by atoms with E-state index in [1.807, 2.05) is 26.0 Å². The number of aromatic carboxylic acids is 1. The van der Waals surface area contributed by atoms with Crippen molar-refractivity contribution in [3.8, 4) is 11.3 Å².